The number of hydrogen-bond acceptors (Lipinski definition) is 3. The molecule has 4 rings (SSSR count). The molecule has 5 atom stereocenters. The minimum absolute atomic E-state index is 0.261. The Labute approximate surface area is 146 Å². The first-order valence-corrected chi connectivity index (χ1v) is 12.2. The molecule has 1 aromatic carbocycles. The predicted octanol–water partition coefficient (Wildman–Crippen LogP) is 4.84. The Morgan fingerprint density at radius 2 is 1.83 bits per heavy atom. The molecule has 0 unspecified atom stereocenters. The van der Waals surface area contributed by atoms with Crippen LogP contribution < -0.4 is 0 Å². The van der Waals surface area contributed by atoms with Crippen LogP contribution in [0.2, 0.25) is 18.1 Å². The minimum Gasteiger partial charge on any atom is -0.414 e. The van der Waals surface area contributed by atoms with Gasteiger partial charge in [-0.1, -0.05) is 56.3 Å². The Bertz CT molecular complexity index is 649. The van der Waals surface area contributed by atoms with Gasteiger partial charge in [-0.05, 0) is 42.5 Å². The normalized spacial score (nSPS) is 34.9. The van der Waals surface area contributed by atoms with E-state index in [0.29, 0.717) is 23.9 Å². The van der Waals surface area contributed by atoms with Crippen molar-refractivity contribution < 1.29 is 9.26 Å². The largest absolute Gasteiger partial charge is 0.414 e. The van der Waals surface area contributed by atoms with Crippen LogP contribution in [0.5, 0.6) is 0 Å². The van der Waals surface area contributed by atoms with Gasteiger partial charge in [-0.2, -0.15) is 0 Å². The number of hydrogen-bond donors (Lipinski definition) is 0. The topological polar surface area (TPSA) is 30.8 Å². The molecule has 3 nitrogen and oxygen atoms in total. The van der Waals surface area contributed by atoms with E-state index in [1.807, 2.05) is 0 Å². The lowest BCUT2D eigenvalue weighted by Gasteiger charge is -2.42. The summed E-state index contributed by atoms with van der Waals surface area (Å²) < 4.78 is 6.82. The molecule has 1 heterocycles. The molecular weight excluding hydrogens is 314 g/mol. The van der Waals surface area contributed by atoms with Gasteiger partial charge in [-0.15, -0.1) is 0 Å². The van der Waals surface area contributed by atoms with E-state index in [9.17, 15) is 0 Å². The highest BCUT2D eigenvalue weighted by atomic mass is 28.4. The van der Waals surface area contributed by atoms with Crippen molar-refractivity contribution in [2.24, 2.45) is 22.9 Å². The number of benzene rings is 1. The van der Waals surface area contributed by atoms with Crippen LogP contribution in [-0.4, -0.2) is 26.2 Å². The molecule has 0 N–H and O–H groups in total. The van der Waals surface area contributed by atoms with E-state index in [4.69, 9.17) is 9.26 Å². The van der Waals surface area contributed by atoms with E-state index < -0.39 is 8.32 Å². The average Bonchev–Trinajstić information content (AvgIpc) is 3.17. The van der Waals surface area contributed by atoms with E-state index in [0.717, 1.165) is 12.1 Å². The van der Waals surface area contributed by atoms with Gasteiger partial charge in [-0.3, -0.25) is 0 Å². The molecule has 0 spiro atoms. The first-order valence-electron chi connectivity index (χ1n) is 9.25. The zero-order valence-electron chi connectivity index (χ0n) is 15.5. The predicted molar refractivity (Wildman–Crippen MR) is 99.6 cm³/mol. The lowest BCUT2D eigenvalue weighted by Crippen LogP contribution is -2.48. The molecule has 2 fully saturated rings. The van der Waals surface area contributed by atoms with Crippen molar-refractivity contribution >= 4 is 14.0 Å². The average molecular weight is 344 g/mol. The third-order valence-corrected chi connectivity index (χ3v) is 11.3. The molecule has 3 aliphatic rings. The summed E-state index contributed by atoms with van der Waals surface area (Å²) in [6.07, 6.45) is 3.05. The van der Waals surface area contributed by atoms with Crippen LogP contribution in [0.25, 0.3) is 0 Å². The second-order valence-electron chi connectivity index (χ2n) is 9.25. The molecule has 1 aliphatic heterocycles. The van der Waals surface area contributed by atoms with Crippen LogP contribution >= 0.6 is 0 Å². The van der Waals surface area contributed by atoms with Gasteiger partial charge in [0.15, 0.2) is 8.32 Å². The number of nitrogens with zero attached hydrogens (tertiary/aromatic N) is 1. The Hall–Kier alpha value is -1.13. The summed E-state index contributed by atoms with van der Waals surface area (Å²) in [5.74, 6) is 1.59. The monoisotopic (exact) mass is 343 g/mol. The van der Waals surface area contributed by atoms with Crippen LogP contribution in [0.4, 0.5) is 0 Å². The van der Waals surface area contributed by atoms with Gasteiger partial charge in [-0.25, -0.2) is 0 Å². The Balaban J connectivity index is 1.56. The highest BCUT2D eigenvalue weighted by Crippen LogP contribution is 2.55. The van der Waals surface area contributed by atoms with Crippen LogP contribution in [0, 0.1) is 17.8 Å². The number of rotatable bonds is 3. The zero-order valence-corrected chi connectivity index (χ0v) is 16.5. The molecule has 130 valence electrons. The highest BCUT2D eigenvalue weighted by molar-refractivity contribution is 6.74. The fraction of sp³-hybridized carbons (Fsp3) is 0.650. The van der Waals surface area contributed by atoms with E-state index in [-0.39, 0.29) is 11.1 Å². The standard InChI is InChI=1S/C20H29NO2Si/c1-20(2,3)24(4,5)23-16-12-14-11-15(16)17-18(21-22-19(14)17)13-9-7-6-8-10-13/h6-10,14-17,19H,11-12H2,1-5H3/t14-,15+,16+,17-,19-/m0/s1. The van der Waals surface area contributed by atoms with Crippen LogP contribution in [0.3, 0.4) is 0 Å². The maximum absolute atomic E-state index is 6.82. The van der Waals surface area contributed by atoms with Gasteiger partial charge in [0.2, 0.25) is 0 Å². The summed E-state index contributed by atoms with van der Waals surface area (Å²) in [5, 5.41) is 4.74. The molecule has 2 aliphatic carbocycles. The van der Waals surface area contributed by atoms with E-state index in [1.165, 1.54) is 12.0 Å². The van der Waals surface area contributed by atoms with Crippen molar-refractivity contribution in [1.29, 1.82) is 0 Å². The van der Waals surface area contributed by atoms with Crippen LogP contribution in [-0.2, 0) is 9.26 Å². The fourth-order valence-electron chi connectivity index (χ4n) is 4.49. The summed E-state index contributed by atoms with van der Waals surface area (Å²) in [4.78, 5) is 5.87. The summed E-state index contributed by atoms with van der Waals surface area (Å²) in [5.41, 5.74) is 2.36. The Morgan fingerprint density at radius 3 is 2.50 bits per heavy atom. The Morgan fingerprint density at radius 1 is 1.12 bits per heavy atom. The molecular formula is C20H29NO2Si. The second kappa shape index (κ2) is 5.43. The molecule has 0 radical (unpaired) electrons. The van der Waals surface area contributed by atoms with Crippen LogP contribution in [0.1, 0.15) is 39.2 Å². The smallest absolute Gasteiger partial charge is 0.192 e. The number of oxime groups is 1. The molecule has 0 amide bonds. The number of fused-ring (bicyclic) bond motifs is 5. The first kappa shape index (κ1) is 16.3. The molecule has 24 heavy (non-hydrogen) atoms. The quantitative estimate of drug-likeness (QED) is 0.736. The minimum atomic E-state index is -1.73. The second-order valence-corrected chi connectivity index (χ2v) is 14.0. The van der Waals surface area contributed by atoms with Gasteiger partial charge in [0.05, 0.1) is 11.6 Å². The molecule has 1 aromatic rings. The van der Waals surface area contributed by atoms with Gasteiger partial charge in [0.25, 0.3) is 0 Å². The summed E-state index contributed by atoms with van der Waals surface area (Å²) >= 11 is 0. The molecule has 0 aromatic heterocycles. The molecule has 4 heteroatoms. The zero-order chi connectivity index (χ0) is 17.1. The van der Waals surface area contributed by atoms with Crippen molar-refractivity contribution in [3.63, 3.8) is 0 Å². The molecule has 0 saturated heterocycles. The van der Waals surface area contributed by atoms with Gasteiger partial charge >= 0.3 is 0 Å². The van der Waals surface area contributed by atoms with Crippen molar-refractivity contribution in [3.05, 3.63) is 35.9 Å². The summed E-state index contributed by atoms with van der Waals surface area (Å²) in [6.45, 7) is 11.7. The first-order chi connectivity index (χ1) is 11.3. The third kappa shape index (κ3) is 2.46. The molecule has 2 saturated carbocycles. The Kier molecular flexibility index (Phi) is 3.70. The molecule has 2 bridgehead atoms. The van der Waals surface area contributed by atoms with Crippen molar-refractivity contribution in [2.45, 2.75) is 64.0 Å². The van der Waals surface area contributed by atoms with E-state index >= 15 is 0 Å². The maximum atomic E-state index is 6.82. The lowest BCUT2D eigenvalue weighted by molar-refractivity contribution is -0.00359. The van der Waals surface area contributed by atoms with Crippen molar-refractivity contribution in [3.8, 4) is 0 Å². The summed E-state index contributed by atoms with van der Waals surface area (Å²) in [6, 6.07) is 10.5. The third-order valence-electron chi connectivity index (χ3n) is 6.78. The van der Waals surface area contributed by atoms with Gasteiger partial charge < -0.3 is 9.26 Å². The lowest BCUT2D eigenvalue weighted by atomic mass is 9.80. The van der Waals surface area contributed by atoms with E-state index in [1.54, 1.807) is 0 Å². The SMILES string of the molecule is CC(C)(C)[Si](C)(C)O[C@@H]1C[C@@H]2C[C@H]1[C@H]1C(c3ccccc3)=NO[C@@H]21. The van der Waals surface area contributed by atoms with Gasteiger partial charge in [0, 0.05) is 12.0 Å². The highest BCUT2D eigenvalue weighted by Gasteiger charge is 2.60. The fourth-order valence-corrected chi connectivity index (χ4v) is 5.87. The summed E-state index contributed by atoms with van der Waals surface area (Å²) in [7, 11) is -1.73. The maximum Gasteiger partial charge on any atom is 0.192 e. The van der Waals surface area contributed by atoms with Gasteiger partial charge in [0.1, 0.15) is 6.10 Å². The van der Waals surface area contributed by atoms with Crippen molar-refractivity contribution in [1.82, 2.24) is 0 Å². The van der Waals surface area contributed by atoms with E-state index in [2.05, 4.69) is 69.4 Å². The van der Waals surface area contributed by atoms with Crippen molar-refractivity contribution in [2.75, 3.05) is 0 Å². The van der Waals surface area contributed by atoms with Crippen LogP contribution in [0.15, 0.2) is 35.5 Å².